The van der Waals surface area contributed by atoms with Crippen LogP contribution in [0.4, 0.5) is 0 Å². The van der Waals surface area contributed by atoms with E-state index in [1.165, 1.54) is 18.4 Å². The molecule has 1 saturated carbocycles. The Bertz CT molecular complexity index is 495. The fourth-order valence-corrected chi connectivity index (χ4v) is 2.55. The first kappa shape index (κ1) is 17.6. The standard InChI is InChI=1S/C18H29N3O2/c1-4-23-12-11-18(9-10-18)14-21-17(19-2)20-13-15-5-7-16(22-3)8-6-15/h5-8H,4,9-14H2,1-3H3,(H2,19,20,21). The van der Waals surface area contributed by atoms with Crippen molar-refractivity contribution in [2.45, 2.75) is 32.7 Å². The summed E-state index contributed by atoms with van der Waals surface area (Å²) >= 11 is 0. The van der Waals surface area contributed by atoms with E-state index in [1.807, 2.05) is 26.1 Å². The van der Waals surface area contributed by atoms with Crippen LogP contribution in [0.15, 0.2) is 29.3 Å². The highest BCUT2D eigenvalue weighted by molar-refractivity contribution is 5.79. The van der Waals surface area contributed by atoms with Gasteiger partial charge in [-0.15, -0.1) is 0 Å². The second-order valence-electron chi connectivity index (χ2n) is 6.07. The molecule has 1 aromatic carbocycles. The number of hydrogen-bond donors (Lipinski definition) is 2. The van der Waals surface area contributed by atoms with Gasteiger partial charge in [0.1, 0.15) is 5.75 Å². The van der Waals surface area contributed by atoms with Crippen LogP contribution in [-0.2, 0) is 11.3 Å². The average molecular weight is 319 g/mol. The lowest BCUT2D eigenvalue weighted by molar-refractivity contribution is 0.128. The summed E-state index contributed by atoms with van der Waals surface area (Å²) in [6, 6.07) is 8.06. The molecule has 0 heterocycles. The van der Waals surface area contributed by atoms with Crippen molar-refractivity contribution in [1.29, 1.82) is 0 Å². The van der Waals surface area contributed by atoms with Crippen molar-refractivity contribution in [2.24, 2.45) is 10.4 Å². The molecule has 2 rings (SSSR count). The summed E-state index contributed by atoms with van der Waals surface area (Å²) in [5, 5.41) is 6.81. The van der Waals surface area contributed by atoms with E-state index in [-0.39, 0.29) is 0 Å². The number of ether oxygens (including phenoxy) is 2. The summed E-state index contributed by atoms with van der Waals surface area (Å²) in [4.78, 5) is 4.30. The lowest BCUT2D eigenvalue weighted by Crippen LogP contribution is -2.40. The van der Waals surface area contributed by atoms with E-state index in [1.54, 1.807) is 7.11 Å². The second-order valence-corrected chi connectivity index (χ2v) is 6.07. The number of benzene rings is 1. The Balaban J connectivity index is 1.73. The van der Waals surface area contributed by atoms with Crippen LogP contribution in [-0.4, -0.2) is 39.9 Å². The lowest BCUT2D eigenvalue weighted by Gasteiger charge is -2.18. The van der Waals surface area contributed by atoms with Crippen molar-refractivity contribution in [1.82, 2.24) is 10.6 Å². The smallest absolute Gasteiger partial charge is 0.191 e. The molecule has 128 valence electrons. The molecular formula is C18H29N3O2. The monoisotopic (exact) mass is 319 g/mol. The number of nitrogens with one attached hydrogen (secondary N) is 2. The summed E-state index contributed by atoms with van der Waals surface area (Å²) in [5.41, 5.74) is 1.61. The number of aliphatic imine (C=N–C) groups is 1. The zero-order chi connectivity index (χ0) is 16.5. The largest absolute Gasteiger partial charge is 0.497 e. The van der Waals surface area contributed by atoms with Gasteiger partial charge in [-0.1, -0.05) is 12.1 Å². The van der Waals surface area contributed by atoms with E-state index in [2.05, 4.69) is 27.8 Å². The zero-order valence-electron chi connectivity index (χ0n) is 14.5. The molecule has 1 aliphatic carbocycles. The predicted octanol–water partition coefficient (Wildman–Crippen LogP) is 2.57. The van der Waals surface area contributed by atoms with Gasteiger partial charge in [-0.25, -0.2) is 0 Å². The van der Waals surface area contributed by atoms with Crippen molar-refractivity contribution in [3.05, 3.63) is 29.8 Å². The zero-order valence-corrected chi connectivity index (χ0v) is 14.5. The molecule has 0 aromatic heterocycles. The van der Waals surface area contributed by atoms with E-state index in [9.17, 15) is 0 Å². The number of hydrogen-bond acceptors (Lipinski definition) is 3. The molecule has 2 N–H and O–H groups in total. The van der Waals surface area contributed by atoms with Gasteiger partial charge in [-0.05, 0) is 49.3 Å². The van der Waals surface area contributed by atoms with E-state index >= 15 is 0 Å². The third-order valence-electron chi connectivity index (χ3n) is 4.41. The average Bonchev–Trinajstić information content (AvgIpc) is 3.36. The normalized spacial score (nSPS) is 16.0. The Kier molecular flexibility index (Phi) is 6.71. The fraction of sp³-hybridized carbons (Fsp3) is 0.611. The van der Waals surface area contributed by atoms with Crippen molar-refractivity contribution in [3.8, 4) is 5.75 Å². The van der Waals surface area contributed by atoms with E-state index < -0.39 is 0 Å². The number of nitrogens with zero attached hydrogens (tertiary/aromatic N) is 1. The van der Waals surface area contributed by atoms with E-state index in [4.69, 9.17) is 9.47 Å². The third kappa shape index (κ3) is 5.75. The molecule has 5 heteroatoms. The summed E-state index contributed by atoms with van der Waals surface area (Å²) in [5.74, 6) is 1.73. The highest BCUT2D eigenvalue weighted by Crippen LogP contribution is 2.48. The van der Waals surface area contributed by atoms with Gasteiger partial charge in [0, 0.05) is 33.4 Å². The van der Waals surface area contributed by atoms with Gasteiger partial charge in [-0.3, -0.25) is 4.99 Å². The van der Waals surface area contributed by atoms with Gasteiger partial charge in [0.05, 0.1) is 7.11 Å². The molecule has 0 aliphatic heterocycles. The van der Waals surface area contributed by atoms with E-state index in [0.717, 1.165) is 44.4 Å². The van der Waals surface area contributed by atoms with Crippen LogP contribution in [0.1, 0.15) is 31.7 Å². The highest BCUT2D eigenvalue weighted by atomic mass is 16.5. The molecule has 0 radical (unpaired) electrons. The van der Waals surface area contributed by atoms with Gasteiger partial charge in [0.2, 0.25) is 0 Å². The molecule has 1 fully saturated rings. The molecule has 1 aromatic rings. The maximum atomic E-state index is 5.48. The third-order valence-corrected chi connectivity index (χ3v) is 4.41. The molecule has 0 bridgehead atoms. The van der Waals surface area contributed by atoms with Crippen molar-refractivity contribution >= 4 is 5.96 Å². The Morgan fingerprint density at radius 3 is 2.52 bits per heavy atom. The molecule has 1 aliphatic rings. The topological polar surface area (TPSA) is 54.9 Å². The van der Waals surface area contributed by atoms with Gasteiger partial charge in [-0.2, -0.15) is 0 Å². The van der Waals surface area contributed by atoms with Crippen LogP contribution in [0.3, 0.4) is 0 Å². The van der Waals surface area contributed by atoms with Gasteiger partial charge < -0.3 is 20.1 Å². The Labute approximate surface area is 139 Å². The summed E-state index contributed by atoms with van der Waals surface area (Å²) in [7, 11) is 3.49. The van der Waals surface area contributed by atoms with Crippen LogP contribution >= 0.6 is 0 Å². The quantitative estimate of drug-likeness (QED) is 0.417. The SMILES string of the molecule is CCOCCC1(CNC(=NC)NCc2ccc(OC)cc2)CC1. The van der Waals surface area contributed by atoms with Gasteiger partial charge in [0.15, 0.2) is 5.96 Å². The molecule has 23 heavy (non-hydrogen) atoms. The number of methoxy groups -OCH3 is 1. The molecule has 0 amide bonds. The maximum absolute atomic E-state index is 5.48. The molecule has 0 atom stereocenters. The molecule has 0 spiro atoms. The van der Waals surface area contributed by atoms with Crippen LogP contribution < -0.4 is 15.4 Å². The van der Waals surface area contributed by atoms with Crippen molar-refractivity contribution in [3.63, 3.8) is 0 Å². The predicted molar refractivity (Wildman–Crippen MR) is 94.0 cm³/mol. The van der Waals surface area contributed by atoms with Crippen LogP contribution in [0.25, 0.3) is 0 Å². The van der Waals surface area contributed by atoms with Crippen LogP contribution in [0.5, 0.6) is 5.75 Å². The minimum Gasteiger partial charge on any atom is -0.497 e. The Morgan fingerprint density at radius 2 is 1.96 bits per heavy atom. The summed E-state index contributed by atoms with van der Waals surface area (Å²) in [6.45, 7) is 5.41. The molecular weight excluding hydrogens is 290 g/mol. The van der Waals surface area contributed by atoms with Gasteiger partial charge >= 0.3 is 0 Å². The lowest BCUT2D eigenvalue weighted by atomic mass is 10.0. The molecule has 5 nitrogen and oxygen atoms in total. The number of guanidine groups is 1. The minimum atomic E-state index is 0.410. The first-order valence-corrected chi connectivity index (χ1v) is 8.36. The Hall–Kier alpha value is -1.75. The molecule has 0 unspecified atom stereocenters. The fourth-order valence-electron chi connectivity index (χ4n) is 2.55. The van der Waals surface area contributed by atoms with Crippen LogP contribution in [0.2, 0.25) is 0 Å². The second kappa shape index (κ2) is 8.77. The van der Waals surface area contributed by atoms with Crippen molar-refractivity contribution in [2.75, 3.05) is 33.9 Å². The highest BCUT2D eigenvalue weighted by Gasteiger charge is 2.41. The van der Waals surface area contributed by atoms with Crippen LogP contribution in [0, 0.1) is 5.41 Å². The summed E-state index contributed by atoms with van der Waals surface area (Å²) in [6.07, 6.45) is 3.69. The first-order chi connectivity index (χ1) is 11.2. The van der Waals surface area contributed by atoms with Gasteiger partial charge in [0.25, 0.3) is 0 Å². The first-order valence-electron chi connectivity index (χ1n) is 8.36. The maximum Gasteiger partial charge on any atom is 0.191 e. The Morgan fingerprint density at radius 1 is 1.22 bits per heavy atom. The number of rotatable bonds is 9. The molecule has 0 saturated heterocycles. The summed E-state index contributed by atoms with van der Waals surface area (Å²) < 4.78 is 10.7. The van der Waals surface area contributed by atoms with E-state index in [0.29, 0.717) is 5.41 Å². The van der Waals surface area contributed by atoms with Crippen molar-refractivity contribution < 1.29 is 9.47 Å². The minimum absolute atomic E-state index is 0.410.